The molecule has 1 aliphatic rings. The molecular formula is C24H37N3O6. The van der Waals surface area contributed by atoms with Crippen molar-refractivity contribution in [2.75, 3.05) is 6.61 Å². The summed E-state index contributed by atoms with van der Waals surface area (Å²) in [7, 11) is 0. The lowest BCUT2D eigenvalue weighted by molar-refractivity contribution is -0.148. The highest BCUT2D eigenvalue weighted by molar-refractivity contribution is 5.92. The van der Waals surface area contributed by atoms with Crippen LogP contribution in [0.25, 0.3) is 0 Å². The zero-order valence-corrected chi connectivity index (χ0v) is 20.3. The molecule has 1 aromatic carbocycles. The van der Waals surface area contributed by atoms with Crippen molar-refractivity contribution in [3.63, 3.8) is 0 Å². The number of alkyl carbamates (subject to hydrolysis) is 1. The maximum absolute atomic E-state index is 13.6. The number of benzene rings is 1. The molecule has 33 heavy (non-hydrogen) atoms. The van der Waals surface area contributed by atoms with Crippen LogP contribution in [0, 0.1) is 6.92 Å². The normalized spacial score (nSPS) is 15.9. The second kappa shape index (κ2) is 10.9. The van der Waals surface area contributed by atoms with E-state index in [1.165, 1.54) is 11.0 Å². The highest BCUT2D eigenvalue weighted by Crippen LogP contribution is 2.35. The van der Waals surface area contributed by atoms with Gasteiger partial charge >= 0.3 is 6.09 Å². The Bertz CT molecular complexity index is 860. The second-order valence-corrected chi connectivity index (χ2v) is 9.82. The molecule has 2 atom stereocenters. The van der Waals surface area contributed by atoms with Gasteiger partial charge in [0.05, 0.1) is 6.61 Å². The standard InChI is InChI=1S/C24H37N3O6/c1-14(2)25-21(30)20(16-10-11-19(29)15(3)12-16)27(17-8-7-9-17)22(31)18(13-28)26-23(32)33-24(4,5)6/h10-12,14,17-18,20,28-29H,7-9,13H2,1-6H3,(H,25,30)(H,26,32). The Morgan fingerprint density at radius 3 is 2.27 bits per heavy atom. The number of carbonyl (C=O) groups is 3. The van der Waals surface area contributed by atoms with E-state index in [0.29, 0.717) is 24.0 Å². The molecule has 4 N–H and O–H groups in total. The topological polar surface area (TPSA) is 128 Å². The molecule has 1 saturated carbocycles. The average molecular weight is 464 g/mol. The molecule has 0 heterocycles. The number of phenolic OH excluding ortho intramolecular Hbond substituents is 1. The predicted octanol–water partition coefficient (Wildman–Crippen LogP) is 2.53. The van der Waals surface area contributed by atoms with E-state index >= 15 is 0 Å². The Hall–Kier alpha value is -2.81. The highest BCUT2D eigenvalue weighted by atomic mass is 16.6. The van der Waals surface area contributed by atoms with Crippen LogP contribution in [0.1, 0.15) is 71.0 Å². The first kappa shape index (κ1) is 26.4. The van der Waals surface area contributed by atoms with E-state index in [4.69, 9.17) is 4.74 Å². The number of aliphatic hydroxyl groups is 1. The predicted molar refractivity (Wildman–Crippen MR) is 124 cm³/mol. The molecule has 9 nitrogen and oxygen atoms in total. The van der Waals surface area contributed by atoms with E-state index in [1.54, 1.807) is 39.8 Å². The Balaban J connectivity index is 2.44. The number of rotatable bonds is 8. The molecule has 0 spiro atoms. The highest BCUT2D eigenvalue weighted by Gasteiger charge is 2.42. The smallest absolute Gasteiger partial charge is 0.408 e. The lowest BCUT2D eigenvalue weighted by Gasteiger charge is -2.43. The van der Waals surface area contributed by atoms with Crippen LogP contribution >= 0.6 is 0 Å². The van der Waals surface area contributed by atoms with Crippen molar-refractivity contribution in [3.8, 4) is 5.75 Å². The summed E-state index contributed by atoms with van der Waals surface area (Å²) in [5.74, 6) is -0.852. The zero-order chi connectivity index (χ0) is 24.9. The third-order valence-corrected chi connectivity index (χ3v) is 5.39. The van der Waals surface area contributed by atoms with Gasteiger partial charge in [-0.05, 0) is 84.1 Å². The van der Waals surface area contributed by atoms with Gasteiger partial charge in [0.1, 0.15) is 23.4 Å². The fraction of sp³-hybridized carbons (Fsp3) is 0.625. The van der Waals surface area contributed by atoms with Crippen molar-refractivity contribution >= 4 is 17.9 Å². The maximum Gasteiger partial charge on any atom is 0.408 e. The molecule has 2 rings (SSSR count). The van der Waals surface area contributed by atoms with E-state index in [0.717, 1.165) is 6.42 Å². The minimum absolute atomic E-state index is 0.0862. The van der Waals surface area contributed by atoms with Crippen LogP contribution in [-0.4, -0.2) is 63.4 Å². The molecular weight excluding hydrogens is 426 g/mol. The van der Waals surface area contributed by atoms with E-state index < -0.39 is 36.3 Å². The molecule has 0 aliphatic heterocycles. The maximum atomic E-state index is 13.6. The summed E-state index contributed by atoms with van der Waals surface area (Å²) in [4.78, 5) is 40.7. The molecule has 0 bridgehead atoms. The third-order valence-electron chi connectivity index (χ3n) is 5.39. The molecule has 0 radical (unpaired) electrons. The number of amides is 3. The third kappa shape index (κ3) is 7.08. The number of hydrogen-bond donors (Lipinski definition) is 4. The first-order chi connectivity index (χ1) is 15.3. The first-order valence-electron chi connectivity index (χ1n) is 11.4. The quantitative estimate of drug-likeness (QED) is 0.469. The minimum Gasteiger partial charge on any atom is -0.508 e. The van der Waals surface area contributed by atoms with E-state index in [2.05, 4.69) is 10.6 Å². The summed E-state index contributed by atoms with van der Waals surface area (Å²) in [6.07, 6.45) is 1.50. The SMILES string of the molecule is Cc1cc(C(C(=O)NC(C)C)N(C(=O)C(CO)NC(=O)OC(C)(C)C)C2CCC2)ccc1O. The van der Waals surface area contributed by atoms with E-state index in [-0.39, 0.29) is 23.7 Å². The lowest BCUT2D eigenvalue weighted by atomic mass is 9.87. The number of carbonyl (C=O) groups excluding carboxylic acids is 3. The van der Waals surface area contributed by atoms with Crippen LogP contribution in [0.3, 0.4) is 0 Å². The van der Waals surface area contributed by atoms with Crippen molar-refractivity contribution < 1.29 is 29.3 Å². The van der Waals surface area contributed by atoms with Crippen molar-refractivity contribution in [2.45, 2.75) is 90.6 Å². The van der Waals surface area contributed by atoms with E-state index in [9.17, 15) is 24.6 Å². The van der Waals surface area contributed by atoms with Crippen molar-refractivity contribution in [2.24, 2.45) is 0 Å². The molecule has 1 aliphatic carbocycles. The summed E-state index contributed by atoms with van der Waals surface area (Å²) in [6, 6.07) is 2.14. The number of nitrogens with one attached hydrogen (secondary N) is 2. The molecule has 2 unspecified atom stereocenters. The molecule has 0 aromatic heterocycles. The van der Waals surface area contributed by atoms with E-state index in [1.807, 2.05) is 13.8 Å². The Kier molecular flexibility index (Phi) is 8.71. The Labute approximate surface area is 195 Å². The van der Waals surface area contributed by atoms with Gasteiger partial charge in [-0.3, -0.25) is 9.59 Å². The van der Waals surface area contributed by atoms with Crippen LogP contribution < -0.4 is 10.6 Å². The molecule has 9 heteroatoms. The molecule has 184 valence electrons. The van der Waals surface area contributed by atoms with Gasteiger partial charge in [0, 0.05) is 12.1 Å². The molecule has 0 saturated heterocycles. The second-order valence-electron chi connectivity index (χ2n) is 9.82. The Morgan fingerprint density at radius 2 is 1.82 bits per heavy atom. The monoisotopic (exact) mass is 463 g/mol. The largest absolute Gasteiger partial charge is 0.508 e. The lowest BCUT2D eigenvalue weighted by Crippen LogP contribution is -2.58. The fourth-order valence-corrected chi connectivity index (χ4v) is 3.65. The molecule has 1 fully saturated rings. The van der Waals surface area contributed by atoms with Crippen molar-refractivity contribution in [3.05, 3.63) is 29.3 Å². The number of aliphatic hydroxyl groups excluding tert-OH is 1. The van der Waals surface area contributed by atoms with Gasteiger partial charge in [0.15, 0.2) is 0 Å². The number of aromatic hydroxyl groups is 1. The summed E-state index contributed by atoms with van der Waals surface area (Å²) >= 11 is 0. The summed E-state index contributed by atoms with van der Waals surface area (Å²) in [6.45, 7) is 9.81. The Morgan fingerprint density at radius 1 is 1.18 bits per heavy atom. The van der Waals surface area contributed by atoms with Crippen LogP contribution in [-0.2, 0) is 14.3 Å². The molecule has 1 aromatic rings. The van der Waals surface area contributed by atoms with Gasteiger partial charge in [0.25, 0.3) is 0 Å². The summed E-state index contributed by atoms with van der Waals surface area (Å²) in [5.41, 5.74) is 0.337. The fourth-order valence-electron chi connectivity index (χ4n) is 3.65. The van der Waals surface area contributed by atoms with Gasteiger partial charge in [-0.15, -0.1) is 0 Å². The summed E-state index contributed by atoms with van der Waals surface area (Å²) < 4.78 is 5.24. The molecule has 3 amide bonds. The summed E-state index contributed by atoms with van der Waals surface area (Å²) in [5, 5.41) is 25.2. The minimum atomic E-state index is -1.27. The van der Waals surface area contributed by atoms with Crippen LogP contribution in [0.15, 0.2) is 18.2 Å². The van der Waals surface area contributed by atoms with Gasteiger partial charge < -0.3 is 30.5 Å². The number of ether oxygens (including phenoxy) is 1. The van der Waals surface area contributed by atoms with Crippen LogP contribution in [0.4, 0.5) is 4.79 Å². The zero-order valence-electron chi connectivity index (χ0n) is 20.3. The van der Waals surface area contributed by atoms with Crippen LogP contribution in [0.5, 0.6) is 5.75 Å². The number of aryl methyl sites for hydroxylation is 1. The van der Waals surface area contributed by atoms with Crippen molar-refractivity contribution in [1.29, 1.82) is 0 Å². The van der Waals surface area contributed by atoms with Gasteiger partial charge in [-0.1, -0.05) is 6.07 Å². The van der Waals surface area contributed by atoms with Gasteiger partial charge in [-0.2, -0.15) is 0 Å². The number of nitrogens with zero attached hydrogens (tertiary/aromatic N) is 1. The first-order valence-corrected chi connectivity index (χ1v) is 11.4. The number of hydrogen-bond acceptors (Lipinski definition) is 6. The van der Waals surface area contributed by atoms with Crippen molar-refractivity contribution in [1.82, 2.24) is 15.5 Å². The number of phenols is 1. The van der Waals surface area contributed by atoms with Gasteiger partial charge in [0.2, 0.25) is 11.8 Å². The van der Waals surface area contributed by atoms with Crippen LogP contribution in [0.2, 0.25) is 0 Å². The average Bonchev–Trinajstić information content (AvgIpc) is 2.64. The van der Waals surface area contributed by atoms with Gasteiger partial charge in [-0.25, -0.2) is 4.79 Å².